The Hall–Kier alpha value is -1.60. The third-order valence-electron chi connectivity index (χ3n) is 3.61. The number of phenolic OH excluding ortho intramolecular Hbond substituents is 1. The van der Waals surface area contributed by atoms with Crippen LogP contribution < -0.4 is 10.6 Å². The number of carbonyl (C=O) groups excluding carboxylic acids is 1. The van der Waals surface area contributed by atoms with Gasteiger partial charge in [0.2, 0.25) is 5.91 Å². The van der Waals surface area contributed by atoms with E-state index >= 15 is 0 Å². The summed E-state index contributed by atoms with van der Waals surface area (Å²) in [5.74, 6) is 0.146. The van der Waals surface area contributed by atoms with Crippen molar-refractivity contribution in [1.29, 1.82) is 0 Å². The minimum absolute atomic E-state index is 0.0654. The molecule has 6 nitrogen and oxygen atoms in total. The van der Waals surface area contributed by atoms with E-state index in [0.29, 0.717) is 12.3 Å². The smallest absolute Gasteiger partial charge is 0.224 e. The minimum Gasteiger partial charge on any atom is -0.506 e. The standard InChI is InChI=1S/C14H20N2O4S/c1-21(19,20)11-3-4-13(17)12(8-11)16-14(18)5-2-10-6-7-15-9-10/h3-4,8,10,15,17H,2,5-7,9H2,1H3,(H,16,18). The highest BCUT2D eigenvalue weighted by Crippen LogP contribution is 2.26. The number of rotatable bonds is 5. The molecule has 1 aliphatic heterocycles. The monoisotopic (exact) mass is 312 g/mol. The van der Waals surface area contributed by atoms with Gasteiger partial charge in [-0.25, -0.2) is 8.42 Å². The maximum Gasteiger partial charge on any atom is 0.224 e. The maximum atomic E-state index is 11.9. The molecule has 1 aromatic carbocycles. The van der Waals surface area contributed by atoms with Gasteiger partial charge in [0, 0.05) is 12.7 Å². The van der Waals surface area contributed by atoms with Gasteiger partial charge in [-0.05, 0) is 50.0 Å². The van der Waals surface area contributed by atoms with E-state index in [-0.39, 0.29) is 22.2 Å². The van der Waals surface area contributed by atoms with Crippen molar-refractivity contribution in [2.45, 2.75) is 24.2 Å². The van der Waals surface area contributed by atoms with E-state index in [2.05, 4.69) is 10.6 Å². The highest BCUT2D eigenvalue weighted by molar-refractivity contribution is 7.90. The van der Waals surface area contributed by atoms with Crippen molar-refractivity contribution in [3.05, 3.63) is 18.2 Å². The predicted octanol–water partition coefficient (Wildman–Crippen LogP) is 1.12. The molecule has 1 unspecified atom stereocenters. The predicted molar refractivity (Wildman–Crippen MR) is 80.1 cm³/mol. The van der Waals surface area contributed by atoms with Gasteiger partial charge in [0.05, 0.1) is 10.6 Å². The normalized spacial score (nSPS) is 18.6. The number of hydrogen-bond acceptors (Lipinski definition) is 5. The van der Waals surface area contributed by atoms with Crippen LogP contribution in [0.15, 0.2) is 23.1 Å². The molecule has 1 fully saturated rings. The number of amides is 1. The molecule has 7 heteroatoms. The molecule has 1 amide bonds. The third kappa shape index (κ3) is 4.44. The van der Waals surface area contributed by atoms with Crippen LogP contribution in [-0.2, 0) is 14.6 Å². The Morgan fingerprint density at radius 1 is 1.48 bits per heavy atom. The van der Waals surface area contributed by atoms with Crippen molar-refractivity contribution in [3.8, 4) is 5.75 Å². The quantitative estimate of drug-likeness (QED) is 0.708. The summed E-state index contributed by atoms with van der Waals surface area (Å²) in [6.07, 6.45) is 3.29. The summed E-state index contributed by atoms with van der Waals surface area (Å²) < 4.78 is 23.0. The van der Waals surface area contributed by atoms with E-state index in [1.807, 2.05) is 0 Å². The van der Waals surface area contributed by atoms with Crippen LogP contribution in [0.2, 0.25) is 0 Å². The van der Waals surface area contributed by atoms with E-state index in [4.69, 9.17) is 0 Å². The van der Waals surface area contributed by atoms with Gasteiger partial charge in [-0.1, -0.05) is 0 Å². The van der Waals surface area contributed by atoms with Crippen molar-refractivity contribution in [2.24, 2.45) is 5.92 Å². The molecule has 3 N–H and O–H groups in total. The Balaban J connectivity index is 1.99. The summed E-state index contributed by atoms with van der Waals surface area (Å²) in [6, 6.07) is 3.86. The fourth-order valence-electron chi connectivity index (χ4n) is 2.35. The molecule has 1 atom stereocenters. The summed E-state index contributed by atoms with van der Waals surface area (Å²) in [4.78, 5) is 12.0. The molecule has 1 saturated heterocycles. The number of aromatic hydroxyl groups is 1. The summed E-state index contributed by atoms with van der Waals surface area (Å²) in [6.45, 7) is 1.92. The fourth-order valence-corrected chi connectivity index (χ4v) is 3.00. The minimum atomic E-state index is -3.37. The van der Waals surface area contributed by atoms with Crippen molar-refractivity contribution >= 4 is 21.4 Å². The second-order valence-corrected chi connectivity index (χ2v) is 7.41. The molecule has 0 saturated carbocycles. The van der Waals surface area contributed by atoms with Crippen LogP contribution in [0.1, 0.15) is 19.3 Å². The van der Waals surface area contributed by atoms with Crippen LogP contribution in [-0.4, -0.2) is 38.8 Å². The molecule has 0 aliphatic carbocycles. The van der Waals surface area contributed by atoms with Gasteiger partial charge in [0.25, 0.3) is 0 Å². The topological polar surface area (TPSA) is 95.5 Å². The van der Waals surface area contributed by atoms with Crippen LogP contribution >= 0.6 is 0 Å². The van der Waals surface area contributed by atoms with Gasteiger partial charge in [0.15, 0.2) is 9.84 Å². The van der Waals surface area contributed by atoms with Crippen LogP contribution in [0.4, 0.5) is 5.69 Å². The lowest BCUT2D eigenvalue weighted by atomic mass is 10.0. The van der Waals surface area contributed by atoms with E-state index in [1.165, 1.54) is 18.2 Å². The lowest BCUT2D eigenvalue weighted by Gasteiger charge is -2.10. The Morgan fingerprint density at radius 3 is 2.86 bits per heavy atom. The summed E-state index contributed by atoms with van der Waals surface area (Å²) in [5.41, 5.74) is 0.132. The molecule has 0 bridgehead atoms. The Labute approximate surface area is 124 Å². The van der Waals surface area contributed by atoms with Gasteiger partial charge in [0.1, 0.15) is 5.75 Å². The average molecular weight is 312 g/mol. The van der Waals surface area contributed by atoms with Crippen molar-refractivity contribution in [2.75, 3.05) is 24.7 Å². The first-order valence-electron chi connectivity index (χ1n) is 6.90. The molecule has 0 spiro atoms. The number of hydrogen-bond donors (Lipinski definition) is 3. The van der Waals surface area contributed by atoms with Crippen molar-refractivity contribution in [3.63, 3.8) is 0 Å². The van der Waals surface area contributed by atoms with Crippen LogP contribution in [0.3, 0.4) is 0 Å². The second kappa shape index (κ2) is 6.44. The van der Waals surface area contributed by atoms with E-state index in [1.54, 1.807) is 0 Å². The van der Waals surface area contributed by atoms with Gasteiger partial charge in [-0.15, -0.1) is 0 Å². The lowest BCUT2D eigenvalue weighted by Crippen LogP contribution is -2.15. The summed E-state index contributed by atoms with van der Waals surface area (Å²) in [5, 5.41) is 15.5. The highest BCUT2D eigenvalue weighted by atomic mass is 32.2. The van der Waals surface area contributed by atoms with Crippen LogP contribution in [0, 0.1) is 5.92 Å². The number of carbonyl (C=O) groups is 1. The second-order valence-electron chi connectivity index (χ2n) is 5.40. The number of benzene rings is 1. The van der Waals surface area contributed by atoms with Crippen molar-refractivity contribution < 1.29 is 18.3 Å². The Morgan fingerprint density at radius 2 is 2.24 bits per heavy atom. The van der Waals surface area contributed by atoms with E-state index < -0.39 is 9.84 Å². The summed E-state index contributed by atoms with van der Waals surface area (Å²) in [7, 11) is -3.37. The molecular formula is C14H20N2O4S. The van der Waals surface area contributed by atoms with Crippen LogP contribution in [0.5, 0.6) is 5.75 Å². The summed E-state index contributed by atoms with van der Waals surface area (Å²) >= 11 is 0. The maximum absolute atomic E-state index is 11.9. The number of sulfone groups is 1. The molecule has 1 heterocycles. The first-order valence-corrected chi connectivity index (χ1v) is 8.79. The largest absolute Gasteiger partial charge is 0.506 e. The zero-order valence-corrected chi connectivity index (χ0v) is 12.7. The zero-order valence-electron chi connectivity index (χ0n) is 11.9. The first-order chi connectivity index (χ1) is 9.86. The third-order valence-corrected chi connectivity index (χ3v) is 4.72. The Bertz CT molecular complexity index is 622. The number of phenols is 1. The van der Waals surface area contributed by atoms with E-state index in [9.17, 15) is 18.3 Å². The SMILES string of the molecule is CS(=O)(=O)c1ccc(O)c(NC(=O)CCC2CCNC2)c1. The van der Waals surface area contributed by atoms with Gasteiger partial charge in [-0.2, -0.15) is 0 Å². The molecule has 0 aromatic heterocycles. The van der Waals surface area contributed by atoms with E-state index in [0.717, 1.165) is 32.2 Å². The van der Waals surface area contributed by atoms with Gasteiger partial charge in [-0.3, -0.25) is 4.79 Å². The highest BCUT2D eigenvalue weighted by Gasteiger charge is 2.17. The molecule has 21 heavy (non-hydrogen) atoms. The molecule has 1 aromatic rings. The molecule has 0 radical (unpaired) electrons. The first kappa shape index (κ1) is 15.8. The fraction of sp³-hybridized carbons (Fsp3) is 0.500. The lowest BCUT2D eigenvalue weighted by molar-refractivity contribution is -0.116. The van der Waals surface area contributed by atoms with Gasteiger partial charge >= 0.3 is 0 Å². The molecule has 116 valence electrons. The van der Waals surface area contributed by atoms with Crippen LogP contribution in [0.25, 0.3) is 0 Å². The number of anilines is 1. The van der Waals surface area contributed by atoms with Gasteiger partial charge < -0.3 is 15.7 Å². The molecule has 1 aliphatic rings. The van der Waals surface area contributed by atoms with Crippen molar-refractivity contribution in [1.82, 2.24) is 5.32 Å². The molecular weight excluding hydrogens is 292 g/mol. The molecule has 2 rings (SSSR count). The Kier molecular flexibility index (Phi) is 4.84. The average Bonchev–Trinajstić information content (AvgIpc) is 2.91. The zero-order chi connectivity index (χ0) is 15.5. The number of nitrogens with one attached hydrogen (secondary N) is 2.